The molecule has 0 spiro atoms. The van der Waals surface area contributed by atoms with Crippen LogP contribution in [0.3, 0.4) is 0 Å². The normalized spacial score (nSPS) is 12.6. The molecule has 26 nitrogen and oxygen atoms in total. The van der Waals surface area contributed by atoms with Crippen LogP contribution < -0.4 is 40.9 Å². The van der Waals surface area contributed by atoms with Crippen molar-refractivity contribution in [3.8, 4) is 0 Å². The van der Waals surface area contributed by atoms with Gasteiger partial charge in [0.1, 0.15) is 48.8 Å². The molecule has 30 heteroatoms. The number of rotatable bonds is 84. The summed E-state index contributed by atoms with van der Waals surface area (Å²) in [6, 6.07) is 0. The van der Waals surface area contributed by atoms with E-state index in [0.717, 1.165) is 103 Å². The minimum Gasteiger partial charge on any atom is -0.550 e. The van der Waals surface area contributed by atoms with Crippen molar-refractivity contribution in [2.45, 2.75) is 568 Å². The van der Waals surface area contributed by atoms with Crippen LogP contribution in [-0.2, 0) is 38.4 Å². The fraction of sp³-hybridized carbons (Fsp3) is 0.885. The van der Waals surface area contributed by atoms with Crippen LogP contribution in [0.15, 0.2) is 24.3 Å². The van der Waals surface area contributed by atoms with Gasteiger partial charge in [-0.3, -0.25) is 0 Å². The van der Waals surface area contributed by atoms with Gasteiger partial charge in [0.25, 0.3) is 0 Å². The maximum atomic E-state index is 10.6. The van der Waals surface area contributed by atoms with Gasteiger partial charge in [0.05, 0.1) is 25.2 Å². The van der Waals surface area contributed by atoms with E-state index in [4.69, 9.17) is 51.1 Å². The number of hydrogen-bond donors (Lipinski definition) is 10. The molecule has 134 heavy (non-hydrogen) atoms. The fourth-order valence-electron chi connectivity index (χ4n) is 13.5. The van der Waals surface area contributed by atoms with E-state index < -0.39 is 121 Å². The Labute approximate surface area is 934 Å². The largest absolute Gasteiger partial charge is 2.00 e. The Morgan fingerprint density at radius 3 is 0.500 bits per heavy atom. The van der Waals surface area contributed by atoms with E-state index in [1.807, 2.05) is 0 Å². The van der Waals surface area contributed by atoms with Crippen LogP contribution in [0.5, 0.6) is 0 Å². The van der Waals surface area contributed by atoms with Crippen molar-refractivity contribution in [3.05, 3.63) is 24.3 Å². The summed E-state index contributed by atoms with van der Waals surface area (Å²) in [7, 11) is 0. The Morgan fingerprint density at radius 2 is 0.366 bits per heavy atom. The van der Waals surface area contributed by atoms with E-state index in [1.54, 1.807) is 27.7 Å². The minimum atomic E-state index is -2.31. The number of allylic oxidation sites excluding steroid dienone is 4. The zero-order valence-electron chi connectivity index (χ0n) is 86.7. The molecule has 0 saturated heterocycles. The predicted octanol–water partition coefficient (Wildman–Crippen LogP) is 11.8. The van der Waals surface area contributed by atoms with Crippen molar-refractivity contribution in [1.29, 1.82) is 0 Å². The van der Waals surface area contributed by atoms with E-state index in [2.05, 4.69) is 65.8 Å². The van der Waals surface area contributed by atoms with E-state index in [-0.39, 0.29) is 177 Å². The summed E-state index contributed by atoms with van der Waals surface area (Å²) in [5.74, 6) is -9.45. The third kappa shape index (κ3) is 134. The monoisotopic (exact) mass is 2020 g/mol. The summed E-state index contributed by atoms with van der Waals surface area (Å²) in [6.07, 6.45) is 75.8. The maximum absolute atomic E-state index is 10.6. The Hall–Kier alpha value is -0.121. The second-order valence-electron chi connectivity index (χ2n) is 36.5. The molecule has 0 unspecified atom stereocenters. The van der Waals surface area contributed by atoms with Gasteiger partial charge in [0, 0.05) is 46.6 Å². The molecule has 0 heterocycles. The average molecular weight is 2020 g/mol. The smallest absolute Gasteiger partial charge is 0.550 e. The van der Waals surface area contributed by atoms with Crippen molar-refractivity contribution in [1.82, 2.24) is 0 Å². The Kier molecular flexibility index (Phi) is 149. The van der Waals surface area contributed by atoms with Crippen LogP contribution in [0.2, 0.25) is 0 Å². The van der Waals surface area contributed by atoms with Crippen LogP contribution in [0.25, 0.3) is 0 Å². The number of aliphatic hydroxyl groups is 10. The standard InChI is InChI=1S/2C18H36O2.2C18H34O2.2C10H20O2.2C6H12O7.4Ca/c4*1-2-3-4-5-6-7-8-9-10-11-12-13-14-15-16-17-18(19)20;2*1-4-5-6-7-8-10(2,3)9(11)12;2*7-1-2(8)3(9)4(10)5(11)6(12)13;;;;/h2*2-17H2,1H3,(H,19,20);2*9-10H,2-8,11-17H2,1H3,(H,19,20);2*4-8H2,1-3H3,(H,11,12);2*2-5,7-11H,1H2,(H,12,13);;;;/q;;;;;;;;4*+2/p-8/b;;2*10-9-;;;;;;;;/t;;;;;;2*2-,3-,4+,5-;;;;/m......11..../s1. The van der Waals surface area contributed by atoms with Crippen LogP contribution in [0.1, 0.15) is 519 Å². The number of carbonyl (C=O) groups excluding carboxylic acids is 8. The van der Waals surface area contributed by atoms with Gasteiger partial charge in [-0.15, -0.1) is 0 Å². The van der Waals surface area contributed by atoms with E-state index in [9.17, 15) is 79.2 Å². The quantitative estimate of drug-likeness (QED) is 0.0154. The van der Waals surface area contributed by atoms with E-state index >= 15 is 0 Å². The number of carbonyl (C=O) groups is 8. The van der Waals surface area contributed by atoms with Crippen LogP contribution in [0.4, 0.5) is 0 Å². The van der Waals surface area contributed by atoms with Gasteiger partial charge < -0.3 is 130 Å². The molecule has 8 atom stereocenters. The second-order valence-corrected chi connectivity index (χ2v) is 36.5. The Bertz CT molecular complexity index is 2350. The zero-order chi connectivity index (χ0) is 100.0. The van der Waals surface area contributed by atoms with Gasteiger partial charge in [0.2, 0.25) is 0 Å². The molecule has 0 fully saturated rings. The number of aliphatic carboxylic acids is 8. The average Bonchev–Trinajstić information content (AvgIpc) is 0.890. The molecule has 0 rings (SSSR count). The van der Waals surface area contributed by atoms with Gasteiger partial charge in [0.15, 0.2) is 0 Å². The predicted molar refractivity (Wildman–Crippen MR) is 528 cm³/mol. The van der Waals surface area contributed by atoms with Gasteiger partial charge in [-0.1, -0.05) is 427 Å². The van der Waals surface area contributed by atoms with Crippen molar-refractivity contribution < 1.29 is 130 Å². The summed E-state index contributed by atoms with van der Waals surface area (Å²) in [6.45, 7) is 18.5. The number of carboxylic acid groups (broad SMARTS) is 8. The van der Waals surface area contributed by atoms with E-state index in [0.29, 0.717) is 0 Å². The van der Waals surface area contributed by atoms with Crippen molar-refractivity contribution in [2.75, 3.05) is 13.2 Å². The first-order valence-electron chi connectivity index (χ1n) is 51.5. The Balaban J connectivity index is -0.000000128. The molecule has 0 aromatic heterocycles. The molecular weight excluding hydrogens is 1830 g/mol. The summed E-state index contributed by atoms with van der Waals surface area (Å²) in [5.41, 5.74) is -1.29. The third-order valence-electron chi connectivity index (χ3n) is 22.7. The summed E-state index contributed by atoms with van der Waals surface area (Å²) in [4.78, 5) is 82.0. The topological polar surface area (TPSA) is 523 Å². The molecule has 0 aromatic carbocycles. The van der Waals surface area contributed by atoms with Crippen molar-refractivity contribution >= 4 is 199 Å². The van der Waals surface area contributed by atoms with Crippen LogP contribution >= 0.6 is 0 Å². The summed E-state index contributed by atoms with van der Waals surface area (Å²) >= 11 is 0. The number of aliphatic hydroxyl groups excluding tert-OH is 10. The molecular formula is C104H196Ca4O26. The number of carboxylic acids is 8. The zero-order valence-corrected chi connectivity index (χ0v) is 95.5. The number of unbranched alkanes of at least 4 members (excludes halogenated alkanes) is 56. The van der Waals surface area contributed by atoms with E-state index in [1.165, 1.54) is 321 Å². The summed E-state index contributed by atoms with van der Waals surface area (Å²) < 4.78 is 0. The van der Waals surface area contributed by atoms with Gasteiger partial charge >= 0.3 is 151 Å². The van der Waals surface area contributed by atoms with Crippen LogP contribution in [0, 0.1) is 10.8 Å². The molecule has 0 aliphatic carbocycles. The molecule has 0 saturated carbocycles. The fourth-order valence-corrected chi connectivity index (χ4v) is 13.5. The first-order chi connectivity index (χ1) is 61.9. The first-order valence-corrected chi connectivity index (χ1v) is 51.5. The molecule has 776 valence electrons. The minimum absolute atomic E-state index is 0. The SMILES string of the molecule is CCCCCCC(C)(C)C(=O)[O-].CCCCCCC(C)(C)C(=O)[O-].CCCCCCCC/C=C\CCCCCCCC(=O)[O-].CCCCCCCC/C=C\CCCCCCCC(=O)[O-].CCCCCCCCCCCCCCCCCC(=O)[O-].CCCCCCCCCCCCCCCCCC(=O)[O-].O=C([O-])[C@H](O)[C@@H](O)[C@H](O)[C@H](O)CO.O=C([O-])[C@H](O)[C@@H](O)[C@H](O)[C@H](O)CO.[Ca+2].[Ca+2].[Ca+2].[Ca+2]. The molecule has 0 amide bonds. The second kappa shape index (κ2) is 125. The first kappa shape index (κ1) is 159. The van der Waals surface area contributed by atoms with Gasteiger partial charge in [-0.25, -0.2) is 0 Å². The molecule has 0 aliphatic rings. The van der Waals surface area contributed by atoms with Crippen molar-refractivity contribution in [3.63, 3.8) is 0 Å². The van der Waals surface area contributed by atoms with Crippen molar-refractivity contribution in [2.24, 2.45) is 10.8 Å². The van der Waals surface area contributed by atoms with Gasteiger partial charge in [-0.05, 0) is 116 Å². The van der Waals surface area contributed by atoms with Gasteiger partial charge in [-0.2, -0.15) is 0 Å². The molecule has 0 aliphatic heterocycles. The summed E-state index contributed by atoms with van der Waals surface area (Å²) in [5, 5.41) is 169. The third-order valence-corrected chi connectivity index (χ3v) is 22.7. The van der Waals surface area contributed by atoms with Crippen LogP contribution in [-0.4, -0.2) is 312 Å². The molecule has 0 radical (unpaired) electrons. The molecule has 0 aromatic rings. The number of hydrogen-bond acceptors (Lipinski definition) is 26. The molecule has 10 N–H and O–H groups in total. The molecule has 0 bridgehead atoms. The maximum Gasteiger partial charge on any atom is 2.00 e. The Morgan fingerprint density at radius 1 is 0.224 bits per heavy atom.